The van der Waals surface area contributed by atoms with Crippen LogP contribution >= 0.6 is 0 Å². The number of nitrogens with one attached hydrogen (secondary N) is 2. The van der Waals surface area contributed by atoms with Crippen molar-refractivity contribution in [2.24, 2.45) is 5.92 Å². The summed E-state index contributed by atoms with van der Waals surface area (Å²) in [6, 6.07) is 21.5. The van der Waals surface area contributed by atoms with Gasteiger partial charge < -0.3 is 15.4 Å². The Morgan fingerprint density at radius 1 is 1.06 bits per heavy atom. The van der Waals surface area contributed by atoms with Gasteiger partial charge in [-0.1, -0.05) is 30.0 Å². The molecule has 0 bridgehead atoms. The first-order valence-corrected chi connectivity index (χ1v) is 11.3. The molecular formula is C28H24N4O2. The highest BCUT2D eigenvalue weighted by Gasteiger charge is 2.28. The largest absolute Gasteiger partial charge is 0.457 e. The van der Waals surface area contributed by atoms with E-state index in [-0.39, 0.29) is 11.8 Å². The highest BCUT2D eigenvalue weighted by molar-refractivity contribution is 5.91. The van der Waals surface area contributed by atoms with Gasteiger partial charge in [-0.05, 0) is 73.9 Å². The third kappa shape index (κ3) is 5.16. The second-order valence-corrected chi connectivity index (χ2v) is 8.27. The molecule has 0 saturated heterocycles. The smallest absolute Gasteiger partial charge is 0.223 e. The number of hydrogen-bond acceptors (Lipinski definition) is 5. The average Bonchev–Trinajstić information content (AvgIpc) is 3.70. The highest BCUT2D eigenvalue weighted by atomic mass is 16.5. The van der Waals surface area contributed by atoms with E-state index in [0.717, 1.165) is 52.1 Å². The molecule has 0 aliphatic heterocycles. The average molecular weight is 449 g/mol. The number of amides is 1. The molecule has 168 valence electrons. The van der Waals surface area contributed by atoms with E-state index in [4.69, 9.17) is 4.74 Å². The second-order valence-electron chi connectivity index (χ2n) is 8.27. The molecule has 5 rings (SSSR count). The molecule has 0 radical (unpaired) electrons. The monoisotopic (exact) mass is 448 g/mol. The Hall–Kier alpha value is -4.37. The summed E-state index contributed by atoms with van der Waals surface area (Å²) in [5, 5.41) is 7.13. The number of aryl methyl sites for hydroxylation is 1. The van der Waals surface area contributed by atoms with Crippen LogP contribution in [0, 0.1) is 24.7 Å². The third-order valence-corrected chi connectivity index (χ3v) is 5.58. The van der Waals surface area contributed by atoms with E-state index in [9.17, 15) is 4.79 Å². The second kappa shape index (κ2) is 9.63. The summed E-state index contributed by atoms with van der Waals surface area (Å²) in [6.45, 7) is 2.36. The first kappa shape index (κ1) is 21.5. The van der Waals surface area contributed by atoms with E-state index in [1.54, 1.807) is 6.33 Å². The summed E-state index contributed by atoms with van der Waals surface area (Å²) >= 11 is 0. The van der Waals surface area contributed by atoms with Crippen molar-refractivity contribution >= 4 is 28.3 Å². The van der Waals surface area contributed by atoms with Crippen LogP contribution in [-0.4, -0.2) is 22.4 Å². The Morgan fingerprint density at radius 3 is 2.71 bits per heavy atom. The molecule has 1 aliphatic rings. The van der Waals surface area contributed by atoms with E-state index in [2.05, 4.69) is 32.4 Å². The molecule has 4 aromatic rings. The lowest BCUT2D eigenvalue weighted by Gasteiger charge is -2.12. The van der Waals surface area contributed by atoms with Crippen LogP contribution < -0.4 is 15.4 Å². The van der Waals surface area contributed by atoms with Gasteiger partial charge in [0.1, 0.15) is 23.6 Å². The maximum atomic E-state index is 11.7. The summed E-state index contributed by atoms with van der Waals surface area (Å²) in [4.78, 5) is 20.6. The van der Waals surface area contributed by atoms with Crippen LogP contribution in [0.15, 0.2) is 73.1 Å². The lowest BCUT2D eigenvalue weighted by Crippen LogP contribution is -2.24. The van der Waals surface area contributed by atoms with Gasteiger partial charge in [0.2, 0.25) is 5.91 Å². The van der Waals surface area contributed by atoms with Crippen LogP contribution in [0.25, 0.3) is 10.9 Å². The Labute approximate surface area is 198 Å². The molecule has 6 nitrogen and oxygen atoms in total. The van der Waals surface area contributed by atoms with E-state index in [1.807, 2.05) is 73.7 Å². The number of carbonyl (C=O) groups excluding carboxylic acids is 1. The molecule has 1 saturated carbocycles. The zero-order valence-electron chi connectivity index (χ0n) is 18.8. The predicted molar refractivity (Wildman–Crippen MR) is 133 cm³/mol. The summed E-state index contributed by atoms with van der Waals surface area (Å²) in [5.41, 5.74) is 3.57. The molecule has 1 aliphatic carbocycles. The van der Waals surface area contributed by atoms with Crippen molar-refractivity contribution in [3.8, 4) is 23.3 Å². The van der Waals surface area contributed by atoms with Crippen molar-refractivity contribution in [1.82, 2.24) is 15.3 Å². The van der Waals surface area contributed by atoms with Gasteiger partial charge in [-0.2, -0.15) is 0 Å². The first-order valence-electron chi connectivity index (χ1n) is 11.3. The normalized spacial score (nSPS) is 12.5. The number of aromatic nitrogens is 2. The number of para-hydroxylation sites is 1. The van der Waals surface area contributed by atoms with Gasteiger partial charge in [-0.25, -0.2) is 9.97 Å². The molecule has 1 heterocycles. The van der Waals surface area contributed by atoms with Crippen molar-refractivity contribution in [2.45, 2.75) is 19.8 Å². The van der Waals surface area contributed by atoms with Gasteiger partial charge in [0.15, 0.2) is 0 Å². The zero-order valence-corrected chi connectivity index (χ0v) is 18.8. The summed E-state index contributed by atoms with van der Waals surface area (Å²) < 4.78 is 5.98. The Kier molecular flexibility index (Phi) is 6.09. The molecular weight excluding hydrogens is 424 g/mol. The molecule has 0 unspecified atom stereocenters. The fourth-order valence-electron chi connectivity index (χ4n) is 3.60. The third-order valence-electron chi connectivity index (χ3n) is 5.58. The minimum atomic E-state index is 0.100. The van der Waals surface area contributed by atoms with E-state index in [0.29, 0.717) is 12.4 Å². The van der Waals surface area contributed by atoms with Crippen molar-refractivity contribution in [1.29, 1.82) is 0 Å². The topological polar surface area (TPSA) is 76.1 Å². The number of anilines is 2. The summed E-state index contributed by atoms with van der Waals surface area (Å²) in [7, 11) is 0. The standard InChI is InChI=1S/C28H24N4O2/c1-19-16-22(12-14-26(19)34-23-7-3-2-4-8-23)32-27-24-17-20(9-13-25(24)30-18-31-27)6-5-15-29-28(33)21-10-11-21/h2-4,7-9,12-14,16-18,21H,10-11,15H2,1H3,(H,29,33)(H,30,31,32). The lowest BCUT2D eigenvalue weighted by molar-refractivity contribution is -0.122. The Balaban J connectivity index is 1.32. The van der Waals surface area contributed by atoms with Gasteiger partial charge in [-0.15, -0.1) is 0 Å². The molecule has 0 atom stereocenters. The summed E-state index contributed by atoms with van der Waals surface area (Å²) in [5.74, 6) is 8.74. The van der Waals surface area contributed by atoms with E-state index >= 15 is 0 Å². The van der Waals surface area contributed by atoms with Crippen LogP contribution in [-0.2, 0) is 4.79 Å². The fraction of sp³-hybridized carbons (Fsp3) is 0.179. The minimum Gasteiger partial charge on any atom is -0.457 e. The SMILES string of the molecule is Cc1cc(Nc2ncnc3ccc(C#CCNC(=O)C4CC4)cc23)ccc1Oc1ccccc1. The number of rotatable bonds is 6. The first-order chi connectivity index (χ1) is 16.7. The number of nitrogens with zero attached hydrogens (tertiary/aromatic N) is 2. The Morgan fingerprint density at radius 2 is 1.91 bits per heavy atom. The molecule has 1 fully saturated rings. The maximum absolute atomic E-state index is 11.7. The number of fused-ring (bicyclic) bond motifs is 1. The molecule has 6 heteroatoms. The van der Waals surface area contributed by atoms with Crippen LogP contribution in [0.4, 0.5) is 11.5 Å². The van der Waals surface area contributed by atoms with Crippen LogP contribution in [0.5, 0.6) is 11.5 Å². The molecule has 2 N–H and O–H groups in total. The number of benzene rings is 3. The van der Waals surface area contributed by atoms with Gasteiger partial charge in [-0.3, -0.25) is 4.79 Å². The number of ether oxygens (including phenoxy) is 1. The van der Waals surface area contributed by atoms with Crippen LogP contribution in [0.2, 0.25) is 0 Å². The molecule has 1 amide bonds. The quantitative estimate of drug-likeness (QED) is 0.389. The molecule has 0 spiro atoms. The number of hydrogen-bond donors (Lipinski definition) is 2. The number of carbonyl (C=O) groups is 1. The van der Waals surface area contributed by atoms with Gasteiger partial charge >= 0.3 is 0 Å². The molecule has 3 aromatic carbocycles. The van der Waals surface area contributed by atoms with Crippen molar-refractivity contribution in [2.75, 3.05) is 11.9 Å². The predicted octanol–water partition coefficient (Wildman–Crippen LogP) is 5.35. The van der Waals surface area contributed by atoms with Crippen molar-refractivity contribution in [3.05, 3.63) is 84.2 Å². The molecule has 1 aromatic heterocycles. The Bertz CT molecular complexity index is 1400. The van der Waals surface area contributed by atoms with Crippen molar-refractivity contribution < 1.29 is 9.53 Å². The summed E-state index contributed by atoms with van der Waals surface area (Å²) in [6.07, 6.45) is 3.52. The molecule has 34 heavy (non-hydrogen) atoms. The van der Waals surface area contributed by atoms with Crippen LogP contribution in [0.1, 0.15) is 24.0 Å². The van der Waals surface area contributed by atoms with E-state index in [1.165, 1.54) is 0 Å². The van der Waals surface area contributed by atoms with Gasteiger partial charge in [0, 0.05) is 22.6 Å². The van der Waals surface area contributed by atoms with Crippen molar-refractivity contribution in [3.63, 3.8) is 0 Å². The van der Waals surface area contributed by atoms with Crippen LogP contribution in [0.3, 0.4) is 0 Å². The maximum Gasteiger partial charge on any atom is 0.223 e. The lowest BCUT2D eigenvalue weighted by atomic mass is 10.1. The van der Waals surface area contributed by atoms with Gasteiger partial charge in [0.05, 0.1) is 12.1 Å². The zero-order chi connectivity index (χ0) is 23.3. The van der Waals surface area contributed by atoms with E-state index < -0.39 is 0 Å². The fourth-order valence-corrected chi connectivity index (χ4v) is 3.60. The van der Waals surface area contributed by atoms with Gasteiger partial charge in [0.25, 0.3) is 0 Å². The highest BCUT2D eigenvalue weighted by Crippen LogP contribution is 2.30. The minimum absolute atomic E-state index is 0.100.